The van der Waals surface area contributed by atoms with Gasteiger partial charge in [0.2, 0.25) is 26.6 Å². The molecule has 2 aromatic carbocycles. The number of carbonyl (C=O) groups is 1. The number of hydrogen-bond acceptors (Lipinski definition) is 7. The van der Waals surface area contributed by atoms with Crippen LogP contribution in [0.1, 0.15) is 10.4 Å². The van der Waals surface area contributed by atoms with Crippen LogP contribution in [0.5, 0.6) is 0 Å². The maximum atomic E-state index is 14.1. The Kier molecular flexibility index (Phi) is 6.35. The summed E-state index contributed by atoms with van der Waals surface area (Å²) in [6, 6.07) is 15.3. The first-order valence-corrected chi connectivity index (χ1v) is 13.4. The number of benzene rings is 2. The van der Waals surface area contributed by atoms with Gasteiger partial charge in [0.1, 0.15) is 5.82 Å². The number of rotatable bonds is 5. The minimum absolute atomic E-state index is 0.00611. The molecule has 0 aliphatic carbocycles. The Labute approximate surface area is 210 Å². The highest BCUT2D eigenvalue weighted by atomic mass is 35.5. The van der Waals surface area contributed by atoms with Crippen LogP contribution >= 0.6 is 22.9 Å². The lowest BCUT2D eigenvalue weighted by molar-refractivity contribution is 0.0740. The molecule has 1 aliphatic rings. The lowest BCUT2D eigenvalue weighted by atomic mass is 10.1. The van der Waals surface area contributed by atoms with E-state index in [2.05, 4.69) is 4.98 Å². The Hall–Kier alpha value is -3.21. The van der Waals surface area contributed by atoms with E-state index in [9.17, 15) is 17.6 Å². The third-order valence-corrected chi connectivity index (χ3v) is 8.43. The van der Waals surface area contributed by atoms with Crippen LogP contribution < -0.4 is 4.90 Å². The number of anilines is 1. The Morgan fingerprint density at radius 3 is 2.37 bits per heavy atom. The molecule has 35 heavy (non-hydrogen) atoms. The van der Waals surface area contributed by atoms with Crippen LogP contribution in [0.25, 0.3) is 10.8 Å². The van der Waals surface area contributed by atoms with Crippen molar-refractivity contribution in [2.24, 2.45) is 0 Å². The zero-order valence-electron chi connectivity index (χ0n) is 18.2. The minimum atomic E-state index is -4.02. The molecule has 0 unspecified atom stereocenters. The number of carbonyl (C=O) groups excluding carboxylic acids is 1. The van der Waals surface area contributed by atoms with E-state index in [4.69, 9.17) is 16.0 Å². The standard InChI is InChI=1S/C24H19ClFN3O4S2/c25-16-7-9-17(10-8-16)35(31,32)22-24(33-21(27-22)20-6-3-15-34-20)29-13-11-28(12-14-29)23(30)18-4-1-2-5-19(18)26/h1-10,15H,11-14H2. The van der Waals surface area contributed by atoms with Crippen molar-refractivity contribution in [3.05, 3.63) is 82.4 Å². The van der Waals surface area contributed by atoms with Gasteiger partial charge >= 0.3 is 0 Å². The van der Waals surface area contributed by atoms with E-state index in [0.29, 0.717) is 23.0 Å². The fourth-order valence-electron chi connectivity index (χ4n) is 3.82. The van der Waals surface area contributed by atoms with Gasteiger partial charge in [0.25, 0.3) is 5.91 Å². The lowest BCUT2D eigenvalue weighted by Gasteiger charge is -2.34. The van der Waals surface area contributed by atoms with Gasteiger partial charge in [-0.25, -0.2) is 12.8 Å². The Bertz CT molecular complexity index is 1460. The molecule has 5 rings (SSSR count). The largest absolute Gasteiger partial charge is 0.418 e. The maximum absolute atomic E-state index is 14.1. The Morgan fingerprint density at radius 2 is 1.71 bits per heavy atom. The average molecular weight is 532 g/mol. The summed E-state index contributed by atoms with van der Waals surface area (Å²) in [6.45, 7) is 1.12. The summed E-state index contributed by atoms with van der Waals surface area (Å²) in [5.74, 6) is -0.672. The third-order valence-electron chi connectivity index (χ3n) is 5.65. The van der Waals surface area contributed by atoms with Crippen LogP contribution in [-0.4, -0.2) is 50.4 Å². The zero-order chi connectivity index (χ0) is 24.6. The first-order chi connectivity index (χ1) is 16.8. The molecule has 1 saturated heterocycles. The molecule has 4 aromatic rings. The van der Waals surface area contributed by atoms with Gasteiger partial charge in [0, 0.05) is 31.2 Å². The molecule has 0 radical (unpaired) electrons. The molecular formula is C24H19ClFN3O4S2. The predicted octanol–water partition coefficient (Wildman–Crippen LogP) is 4.99. The molecule has 11 heteroatoms. The molecule has 0 atom stereocenters. The summed E-state index contributed by atoms with van der Waals surface area (Å²) in [5.41, 5.74) is 0.00611. The number of hydrogen-bond donors (Lipinski definition) is 0. The van der Waals surface area contributed by atoms with Crippen molar-refractivity contribution in [2.45, 2.75) is 9.92 Å². The van der Waals surface area contributed by atoms with Crippen LogP contribution in [0.15, 0.2) is 80.4 Å². The van der Waals surface area contributed by atoms with Gasteiger partial charge in [-0.3, -0.25) is 4.79 Å². The molecule has 1 amide bonds. The summed E-state index contributed by atoms with van der Waals surface area (Å²) in [7, 11) is -4.02. The number of halogens is 2. The van der Waals surface area contributed by atoms with Gasteiger partial charge in [-0.05, 0) is 47.8 Å². The highest BCUT2D eigenvalue weighted by molar-refractivity contribution is 7.91. The topological polar surface area (TPSA) is 83.7 Å². The second kappa shape index (κ2) is 9.44. The first kappa shape index (κ1) is 23.5. The van der Waals surface area contributed by atoms with Gasteiger partial charge in [0.15, 0.2) is 0 Å². The second-order valence-corrected chi connectivity index (χ2v) is 11.1. The van der Waals surface area contributed by atoms with E-state index in [0.717, 1.165) is 0 Å². The SMILES string of the molecule is O=C(c1ccccc1F)N1CCN(c2oc(-c3cccs3)nc2S(=O)(=O)c2ccc(Cl)cc2)CC1. The van der Waals surface area contributed by atoms with Crippen molar-refractivity contribution >= 4 is 44.6 Å². The quantitative estimate of drug-likeness (QED) is 0.361. The molecule has 0 saturated carbocycles. The lowest BCUT2D eigenvalue weighted by Crippen LogP contribution is -2.49. The predicted molar refractivity (Wildman–Crippen MR) is 131 cm³/mol. The fraction of sp³-hybridized carbons (Fsp3) is 0.167. The number of amides is 1. The van der Waals surface area contributed by atoms with Gasteiger partial charge in [0.05, 0.1) is 15.3 Å². The molecule has 2 aromatic heterocycles. The number of aromatic nitrogens is 1. The normalized spacial score (nSPS) is 14.3. The fourth-order valence-corrected chi connectivity index (χ4v) is 5.92. The molecule has 0 bridgehead atoms. The summed E-state index contributed by atoms with van der Waals surface area (Å²) in [6.07, 6.45) is 0. The van der Waals surface area contributed by atoms with Gasteiger partial charge in [-0.1, -0.05) is 29.8 Å². The van der Waals surface area contributed by atoms with Gasteiger partial charge < -0.3 is 14.2 Å². The third kappa shape index (κ3) is 4.56. The second-order valence-electron chi connectivity index (χ2n) is 7.82. The number of thiophene rings is 1. The Morgan fingerprint density at radius 1 is 1.00 bits per heavy atom. The highest BCUT2D eigenvalue weighted by Gasteiger charge is 2.34. The number of sulfone groups is 1. The minimum Gasteiger partial charge on any atom is -0.418 e. The molecule has 1 fully saturated rings. The van der Waals surface area contributed by atoms with E-state index in [-0.39, 0.29) is 40.3 Å². The van der Waals surface area contributed by atoms with Crippen LogP contribution in [0.2, 0.25) is 5.02 Å². The summed E-state index contributed by atoms with van der Waals surface area (Å²) < 4.78 is 47.1. The zero-order valence-corrected chi connectivity index (χ0v) is 20.6. The Balaban J connectivity index is 1.45. The van der Waals surface area contributed by atoms with Crippen molar-refractivity contribution in [3.8, 4) is 10.8 Å². The summed E-state index contributed by atoms with van der Waals surface area (Å²) in [4.78, 5) is 21.2. The van der Waals surface area contributed by atoms with Crippen LogP contribution in [-0.2, 0) is 9.84 Å². The first-order valence-electron chi connectivity index (χ1n) is 10.7. The maximum Gasteiger partial charge on any atom is 0.256 e. The highest BCUT2D eigenvalue weighted by Crippen LogP contribution is 2.36. The van der Waals surface area contributed by atoms with E-state index < -0.39 is 21.6 Å². The molecule has 1 aliphatic heterocycles. The van der Waals surface area contributed by atoms with E-state index >= 15 is 0 Å². The molecule has 180 valence electrons. The van der Waals surface area contributed by atoms with Crippen molar-refractivity contribution < 1.29 is 22.0 Å². The molecule has 0 N–H and O–H groups in total. The molecule has 0 spiro atoms. The molecular weight excluding hydrogens is 513 g/mol. The van der Waals surface area contributed by atoms with E-state index in [1.165, 1.54) is 53.8 Å². The van der Waals surface area contributed by atoms with Crippen molar-refractivity contribution in [1.29, 1.82) is 0 Å². The number of nitrogens with zero attached hydrogens (tertiary/aromatic N) is 3. The van der Waals surface area contributed by atoms with Crippen molar-refractivity contribution in [2.75, 3.05) is 31.1 Å². The number of piperazine rings is 1. The van der Waals surface area contributed by atoms with Gasteiger partial charge in [-0.15, -0.1) is 11.3 Å². The van der Waals surface area contributed by atoms with Crippen molar-refractivity contribution in [1.82, 2.24) is 9.88 Å². The van der Waals surface area contributed by atoms with Crippen molar-refractivity contribution in [3.63, 3.8) is 0 Å². The monoisotopic (exact) mass is 531 g/mol. The van der Waals surface area contributed by atoms with Crippen LogP contribution in [0.4, 0.5) is 10.3 Å². The van der Waals surface area contributed by atoms with E-state index in [1.54, 1.807) is 21.9 Å². The summed E-state index contributed by atoms with van der Waals surface area (Å²) in [5, 5.41) is 2.07. The average Bonchev–Trinajstić information content (AvgIpc) is 3.55. The number of oxazole rings is 1. The summed E-state index contributed by atoms with van der Waals surface area (Å²) >= 11 is 7.32. The van der Waals surface area contributed by atoms with Crippen LogP contribution in [0, 0.1) is 5.82 Å². The van der Waals surface area contributed by atoms with E-state index in [1.807, 2.05) is 11.4 Å². The smallest absolute Gasteiger partial charge is 0.256 e. The van der Waals surface area contributed by atoms with Crippen LogP contribution in [0.3, 0.4) is 0 Å². The van der Waals surface area contributed by atoms with Gasteiger partial charge in [-0.2, -0.15) is 4.98 Å². The molecule has 3 heterocycles. The molecule has 7 nitrogen and oxygen atoms in total.